The Labute approximate surface area is 122 Å². The lowest BCUT2D eigenvalue weighted by atomic mass is 10.1. The standard InChI is InChI=1S/C15H28N4O/c1-4-9-20-14-10-13(11-17-12-14)15(18-16)7-8-19(5-2)6-3/h10-12,15,18H,4-9,16H2,1-3H3. The number of rotatable bonds is 10. The number of hydrazine groups is 1. The minimum atomic E-state index is 0.105. The molecule has 5 heteroatoms. The number of hydrogen-bond donors (Lipinski definition) is 2. The second-order valence-corrected chi connectivity index (χ2v) is 4.84. The lowest BCUT2D eigenvalue weighted by molar-refractivity contribution is 0.281. The molecule has 1 aromatic rings. The molecule has 0 spiro atoms. The second-order valence-electron chi connectivity index (χ2n) is 4.84. The van der Waals surface area contributed by atoms with Gasteiger partial charge in [0.05, 0.1) is 12.8 Å². The zero-order valence-electron chi connectivity index (χ0n) is 12.9. The smallest absolute Gasteiger partial charge is 0.137 e. The molecule has 3 N–H and O–H groups in total. The van der Waals surface area contributed by atoms with Crippen LogP contribution >= 0.6 is 0 Å². The first-order valence-electron chi connectivity index (χ1n) is 7.51. The molecule has 0 fully saturated rings. The van der Waals surface area contributed by atoms with E-state index in [4.69, 9.17) is 10.6 Å². The van der Waals surface area contributed by atoms with E-state index in [2.05, 4.69) is 36.1 Å². The molecule has 0 aliphatic heterocycles. The summed E-state index contributed by atoms with van der Waals surface area (Å²) in [5, 5.41) is 0. The summed E-state index contributed by atoms with van der Waals surface area (Å²) in [7, 11) is 0. The van der Waals surface area contributed by atoms with Crippen molar-refractivity contribution in [3.05, 3.63) is 24.0 Å². The van der Waals surface area contributed by atoms with Crippen LogP contribution in [0.1, 0.15) is 45.2 Å². The van der Waals surface area contributed by atoms with Crippen molar-refractivity contribution < 1.29 is 4.74 Å². The first-order chi connectivity index (χ1) is 9.74. The van der Waals surface area contributed by atoms with Gasteiger partial charge in [0.15, 0.2) is 0 Å². The Kier molecular flexibility index (Phi) is 8.18. The van der Waals surface area contributed by atoms with E-state index in [9.17, 15) is 0 Å². The predicted octanol–water partition coefficient (Wildman–Crippen LogP) is 2.11. The molecule has 1 atom stereocenters. The molecule has 1 aromatic heterocycles. The summed E-state index contributed by atoms with van der Waals surface area (Å²) >= 11 is 0. The van der Waals surface area contributed by atoms with Crippen molar-refractivity contribution in [2.24, 2.45) is 5.84 Å². The molecule has 0 aromatic carbocycles. The SMILES string of the molecule is CCCOc1cncc(C(CCN(CC)CC)NN)c1. The third-order valence-corrected chi connectivity index (χ3v) is 3.44. The van der Waals surface area contributed by atoms with Gasteiger partial charge in [0.25, 0.3) is 0 Å². The topological polar surface area (TPSA) is 63.4 Å². The van der Waals surface area contributed by atoms with Gasteiger partial charge in [-0.15, -0.1) is 0 Å². The molecule has 0 aliphatic carbocycles. The summed E-state index contributed by atoms with van der Waals surface area (Å²) in [5.74, 6) is 6.50. The number of ether oxygens (including phenoxy) is 1. The highest BCUT2D eigenvalue weighted by atomic mass is 16.5. The fourth-order valence-electron chi connectivity index (χ4n) is 2.12. The van der Waals surface area contributed by atoms with Crippen LogP contribution in [0.4, 0.5) is 0 Å². The second kappa shape index (κ2) is 9.69. The third kappa shape index (κ3) is 5.45. The molecule has 114 valence electrons. The van der Waals surface area contributed by atoms with Gasteiger partial charge in [-0.25, -0.2) is 0 Å². The zero-order chi connectivity index (χ0) is 14.8. The fraction of sp³-hybridized carbons (Fsp3) is 0.667. The van der Waals surface area contributed by atoms with Crippen molar-refractivity contribution in [1.29, 1.82) is 0 Å². The molecular formula is C15H28N4O. The third-order valence-electron chi connectivity index (χ3n) is 3.44. The first kappa shape index (κ1) is 16.9. The number of nitrogens with two attached hydrogens (primary N) is 1. The van der Waals surface area contributed by atoms with Gasteiger partial charge in [0.2, 0.25) is 0 Å². The molecule has 0 aliphatic rings. The minimum Gasteiger partial charge on any atom is -0.492 e. The van der Waals surface area contributed by atoms with Crippen molar-refractivity contribution >= 4 is 0 Å². The highest BCUT2D eigenvalue weighted by molar-refractivity contribution is 5.26. The summed E-state index contributed by atoms with van der Waals surface area (Å²) in [4.78, 5) is 6.62. The Hall–Kier alpha value is -1.17. The molecule has 1 unspecified atom stereocenters. The molecule has 1 rings (SSSR count). The van der Waals surface area contributed by atoms with Crippen molar-refractivity contribution in [2.75, 3.05) is 26.2 Å². The van der Waals surface area contributed by atoms with Crippen LogP contribution in [0.15, 0.2) is 18.5 Å². The van der Waals surface area contributed by atoms with Gasteiger partial charge >= 0.3 is 0 Å². The van der Waals surface area contributed by atoms with Gasteiger partial charge in [0, 0.05) is 12.2 Å². The van der Waals surface area contributed by atoms with E-state index in [1.54, 1.807) is 6.20 Å². The first-order valence-corrected chi connectivity index (χ1v) is 7.51. The van der Waals surface area contributed by atoms with Gasteiger partial charge in [-0.1, -0.05) is 20.8 Å². The number of nitrogens with one attached hydrogen (secondary N) is 1. The summed E-state index contributed by atoms with van der Waals surface area (Å²) in [6, 6.07) is 2.13. The Morgan fingerprint density at radius 1 is 1.30 bits per heavy atom. The van der Waals surface area contributed by atoms with Crippen LogP contribution in [0.25, 0.3) is 0 Å². The quantitative estimate of drug-likeness (QED) is 0.507. The van der Waals surface area contributed by atoms with Crippen LogP contribution < -0.4 is 16.0 Å². The van der Waals surface area contributed by atoms with Gasteiger partial charge in [0.1, 0.15) is 5.75 Å². The molecule has 1 heterocycles. The van der Waals surface area contributed by atoms with Crippen LogP contribution in [0.3, 0.4) is 0 Å². The molecule has 20 heavy (non-hydrogen) atoms. The van der Waals surface area contributed by atoms with Crippen molar-refractivity contribution in [3.63, 3.8) is 0 Å². The van der Waals surface area contributed by atoms with Crippen LogP contribution in [-0.2, 0) is 0 Å². The Balaban J connectivity index is 2.64. The zero-order valence-corrected chi connectivity index (χ0v) is 12.9. The Bertz CT molecular complexity index is 369. The summed E-state index contributed by atoms with van der Waals surface area (Å²) in [5.41, 5.74) is 3.96. The average molecular weight is 280 g/mol. The maximum absolute atomic E-state index is 5.69. The molecule has 0 saturated carbocycles. The average Bonchev–Trinajstić information content (AvgIpc) is 2.50. The molecule has 0 saturated heterocycles. The Morgan fingerprint density at radius 2 is 2.05 bits per heavy atom. The van der Waals surface area contributed by atoms with E-state index in [0.717, 1.165) is 43.8 Å². The van der Waals surface area contributed by atoms with Gasteiger partial charge in [-0.2, -0.15) is 0 Å². The predicted molar refractivity (Wildman–Crippen MR) is 82.5 cm³/mol. The van der Waals surface area contributed by atoms with E-state index >= 15 is 0 Å². The fourth-order valence-corrected chi connectivity index (χ4v) is 2.12. The van der Waals surface area contributed by atoms with Crippen molar-refractivity contribution in [1.82, 2.24) is 15.3 Å². The lowest BCUT2D eigenvalue weighted by Crippen LogP contribution is -2.32. The van der Waals surface area contributed by atoms with E-state index in [1.165, 1.54) is 0 Å². The number of nitrogens with zero attached hydrogens (tertiary/aromatic N) is 2. The van der Waals surface area contributed by atoms with E-state index < -0.39 is 0 Å². The lowest BCUT2D eigenvalue weighted by Gasteiger charge is -2.22. The number of hydrogen-bond acceptors (Lipinski definition) is 5. The van der Waals surface area contributed by atoms with Crippen LogP contribution in [0.5, 0.6) is 5.75 Å². The Morgan fingerprint density at radius 3 is 2.65 bits per heavy atom. The monoisotopic (exact) mass is 280 g/mol. The maximum Gasteiger partial charge on any atom is 0.137 e. The van der Waals surface area contributed by atoms with Crippen LogP contribution in [0.2, 0.25) is 0 Å². The van der Waals surface area contributed by atoms with Gasteiger partial charge in [-0.05, 0) is 44.1 Å². The number of pyridine rings is 1. The highest BCUT2D eigenvalue weighted by Crippen LogP contribution is 2.20. The van der Waals surface area contributed by atoms with E-state index in [1.807, 2.05) is 12.3 Å². The molecule has 5 nitrogen and oxygen atoms in total. The highest BCUT2D eigenvalue weighted by Gasteiger charge is 2.12. The maximum atomic E-state index is 5.69. The van der Waals surface area contributed by atoms with Crippen LogP contribution in [-0.4, -0.2) is 36.1 Å². The number of aromatic nitrogens is 1. The van der Waals surface area contributed by atoms with E-state index in [0.29, 0.717) is 6.61 Å². The molecule has 0 radical (unpaired) electrons. The van der Waals surface area contributed by atoms with Gasteiger partial charge < -0.3 is 9.64 Å². The summed E-state index contributed by atoms with van der Waals surface area (Å²) < 4.78 is 5.62. The molecule has 0 amide bonds. The summed E-state index contributed by atoms with van der Waals surface area (Å²) in [6.07, 6.45) is 5.55. The van der Waals surface area contributed by atoms with Gasteiger partial charge in [-0.3, -0.25) is 16.3 Å². The van der Waals surface area contributed by atoms with Crippen LogP contribution in [0, 0.1) is 0 Å². The normalized spacial score (nSPS) is 12.7. The largest absolute Gasteiger partial charge is 0.492 e. The summed E-state index contributed by atoms with van der Waals surface area (Å²) in [6.45, 7) is 10.3. The van der Waals surface area contributed by atoms with E-state index in [-0.39, 0.29) is 6.04 Å². The minimum absolute atomic E-state index is 0.105. The molecule has 0 bridgehead atoms. The molecular weight excluding hydrogens is 252 g/mol. The van der Waals surface area contributed by atoms with Crippen molar-refractivity contribution in [2.45, 2.75) is 39.7 Å². The van der Waals surface area contributed by atoms with Crippen molar-refractivity contribution in [3.8, 4) is 5.75 Å².